The molecule has 3 rings (SSSR count). The van der Waals surface area contributed by atoms with Gasteiger partial charge in [-0.3, -0.25) is 0 Å². The molecule has 0 atom stereocenters. The molecular formula is C15H23N3. The zero-order chi connectivity index (χ0) is 12.8. The maximum atomic E-state index is 5.93. The van der Waals surface area contributed by atoms with Crippen LogP contribution in [0, 0.1) is 0 Å². The van der Waals surface area contributed by atoms with Gasteiger partial charge >= 0.3 is 0 Å². The van der Waals surface area contributed by atoms with Crippen LogP contribution in [-0.4, -0.2) is 17.1 Å². The van der Waals surface area contributed by atoms with E-state index >= 15 is 0 Å². The average Bonchev–Trinajstić information content (AvgIpc) is 2.92. The number of aryl methyl sites for hydroxylation is 2. The Morgan fingerprint density at radius 2 is 2.17 bits per heavy atom. The predicted molar refractivity (Wildman–Crippen MR) is 74.8 cm³/mol. The smallest absolute Gasteiger partial charge is 0.133 e. The number of hydrogen-bond acceptors (Lipinski definition) is 3. The lowest BCUT2D eigenvalue weighted by atomic mass is 10.0. The lowest BCUT2D eigenvalue weighted by Crippen LogP contribution is -2.39. The minimum Gasteiger partial charge on any atom is -0.351 e. The molecule has 1 aliphatic carbocycles. The summed E-state index contributed by atoms with van der Waals surface area (Å²) in [7, 11) is 0. The fourth-order valence-electron chi connectivity index (χ4n) is 3.39. The highest BCUT2D eigenvalue weighted by molar-refractivity contribution is 5.53. The normalized spacial score (nSPS) is 21.4. The van der Waals surface area contributed by atoms with Crippen molar-refractivity contribution in [3.8, 4) is 0 Å². The molecule has 1 fully saturated rings. The quantitative estimate of drug-likeness (QED) is 0.870. The van der Waals surface area contributed by atoms with Crippen LogP contribution < -0.4 is 10.6 Å². The summed E-state index contributed by atoms with van der Waals surface area (Å²) < 4.78 is 0. The summed E-state index contributed by atoms with van der Waals surface area (Å²) in [6.07, 6.45) is 6.07. The molecule has 0 bridgehead atoms. The topological polar surface area (TPSA) is 42.2 Å². The van der Waals surface area contributed by atoms with E-state index in [1.54, 1.807) is 0 Å². The maximum absolute atomic E-state index is 5.93. The van der Waals surface area contributed by atoms with Crippen LogP contribution in [-0.2, 0) is 19.4 Å². The summed E-state index contributed by atoms with van der Waals surface area (Å²) >= 11 is 0. The van der Waals surface area contributed by atoms with Crippen molar-refractivity contribution in [1.29, 1.82) is 0 Å². The minimum absolute atomic E-state index is 0.226. The van der Waals surface area contributed by atoms with Crippen molar-refractivity contribution in [3.05, 3.63) is 22.9 Å². The molecule has 2 N–H and O–H groups in total. The van der Waals surface area contributed by atoms with E-state index in [2.05, 4.69) is 24.8 Å². The van der Waals surface area contributed by atoms with Gasteiger partial charge in [0.15, 0.2) is 0 Å². The van der Waals surface area contributed by atoms with Gasteiger partial charge in [0.25, 0.3) is 0 Å². The van der Waals surface area contributed by atoms with Gasteiger partial charge in [0.05, 0.1) is 0 Å². The second-order valence-electron chi connectivity index (χ2n) is 6.20. The number of aromatic nitrogens is 1. The van der Waals surface area contributed by atoms with Crippen LogP contribution in [0.15, 0.2) is 6.07 Å². The third-order valence-corrected chi connectivity index (χ3v) is 4.48. The van der Waals surface area contributed by atoms with Gasteiger partial charge < -0.3 is 10.6 Å². The van der Waals surface area contributed by atoms with E-state index in [4.69, 9.17) is 10.7 Å². The minimum atomic E-state index is 0.226. The number of pyridine rings is 1. The van der Waals surface area contributed by atoms with Crippen molar-refractivity contribution in [1.82, 2.24) is 4.98 Å². The highest BCUT2D eigenvalue weighted by atomic mass is 15.3. The Balaban J connectivity index is 2.05. The average molecular weight is 245 g/mol. The molecule has 2 aliphatic rings. The molecule has 98 valence electrons. The monoisotopic (exact) mass is 245 g/mol. The summed E-state index contributed by atoms with van der Waals surface area (Å²) in [5.74, 6) is 1.15. The first kappa shape index (κ1) is 12.0. The first-order valence-electron chi connectivity index (χ1n) is 7.11. The molecule has 18 heavy (non-hydrogen) atoms. The molecule has 0 radical (unpaired) electrons. The Morgan fingerprint density at radius 1 is 1.33 bits per heavy atom. The number of fused-ring (bicyclic) bond motifs is 1. The highest BCUT2D eigenvalue weighted by Crippen LogP contribution is 2.36. The van der Waals surface area contributed by atoms with E-state index in [0.717, 1.165) is 18.8 Å². The van der Waals surface area contributed by atoms with E-state index in [-0.39, 0.29) is 5.54 Å². The van der Waals surface area contributed by atoms with Crippen LogP contribution in [0.3, 0.4) is 0 Å². The predicted octanol–water partition coefficient (Wildman–Crippen LogP) is 2.41. The van der Waals surface area contributed by atoms with Crippen LogP contribution in [0.1, 0.15) is 49.9 Å². The molecule has 0 saturated carbocycles. The van der Waals surface area contributed by atoms with E-state index in [0.29, 0.717) is 6.54 Å². The van der Waals surface area contributed by atoms with Crippen molar-refractivity contribution >= 4 is 5.82 Å². The van der Waals surface area contributed by atoms with E-state index in [1.165, 1.54) is 42.5 Å². The summed E-state index contributed by atoms with van der Waals surface area (Å²) in [4.78, 5) is 7.41. The third kappa shape index (κ3) is 1.81. The molecule has 3 nitrogen and oxygen atoms in total. The molecule has 3 heteroatoms. The van der Waals surface area contributed by atoms with E-state index in [1.807, 2.05) is 0 Å². The van der Waals surface area contributed by atoms with Crippen molar-refractivity contribution in [2.45, 2.75) is 58.0 Å². The first-order valence-corrected chi connectivity index (χ1v) is 7.11. The van der Waals surface area contributed by atoms with Crippen molar-refractivity contribution in [3.63, 3.8) is 0 Å². The van der Waals surface area contributed by atoms with E-state index in [9.17, 15) is 0 Å². The molecule has 0 amide bonds. The lowest BCUT2D eigenvalue weighted by molar-refractivity contribution is 0.512. The van der Waals surface area contributed by atoms with Crippen LogP contribution in [0.25, 0.3) is 0 Å². The fraction of sp³-hybridized carbons (Fsp3) is 0.667. The Bertz CT molecular complexity index is 465. The molecule has 2 heterocycles. The first-order chi connectivity index (χ1) is 8.62. The molecule has 1 saturated heterocycles. The van der Waals surface area contributed by atoms with Gasteiger partial charge in [0.1, 0.15) is 5.82 Å². The van der Waals surface area contributed by atoms with Gasteiger partial charge in [-0.25, -0.2) is 4.98 Å². The fourth-order valence-corrected chi connectivity index (χ4v) is 3.39. The van der Waals surface area contributed by atoms with Gasteiger partial charge in [0.2, 0.25) is 0 Å². The molecule has 0 spiro atoms. The summed E-state index contributed by atoms with van der Waals surface area (Å²) in [5, 5.41) is 0. The van der Waals surface area contributed by atoms with Gasteiger partial charge in [-0.15, -0.1) is 0 Å². The molecular weight excluding hydrogens is 222 g/mol. The second-order valence-corrected chi connectivity index (χ2v) is 6.20. The lowest BCUT2D eigenvalue weighted by Gasteiger charge is -2.34. The van der Waals surface area contributed by atoms with Crippen LogP contribution in [0.4, 0.5) is 5.82 Å². The maximum Gasteiger partial charge on any atom is 0.133 e. The van der Waals surface area contributed by atoms with Crippen molar-refractivity contribution in [2.24, 2.45) is 5.73 Å². The summed E-state index contributed by atoms with van der Waals surface area (Å²) in [5.41, 5.74) is 10.1. The zero-order valence-corrected chi connectivity index (χ0v) is 11.5. The largest absolute Gasteiger partial charge is 0.351 e. The van der Waals surface area contributed by atoms with Gasteiger partial charge in [-0.2, -0.15) is 0 Å². The highest BCUT2D eigenvalue weighted by Gasteiger charge is 2.34. The summed E-state index contributed by atoms with van der Waals surface area (Å²) in [6.45, 7) is 6.35. The standard InChI is InChI=1S/C15H23N3/c1-15(2)7-4-8-18(15)14-12(10-16)9-11-5-3-6-13(11)17-14/h9H,3-8,10,16H2,1-2H3. The van der Waals surface area contributed by atoms with Crippen LogP contribution in [0.2, 0.25) is 0 Å². The molecule has 1 aromatic heterocycles. The van der Waals surface area contributed by atoms with Crippen molar-refractivity contribution in [2.75, 3.05) is 11.4 Å². The van der Waals surface area contributed by atoms with Crippen LogP contribution in [0.5, 0.6) is 0 Å². The molecule has 0 unspecified atom stereocenters. The van der Waals surface area contributed by atoms with E-state index < -0.39 is 0 Å². The second kappa shape index (κ2) is 4.23. The third-order valence-electron chi connectivity index (χ3n) is 4.48. The Kier molecular flexibility index (Phi) is 2.81. The van der Waals surface area contributed by atoms with Crippen molar-refractivity contribution < 1.29 is 0 Å². The number of rotatable bonds is 2. The number of nitrogens with zero attached hydrogens (tertiary/aromatic N) is 2. The molecule has 1 aromatic rings. The zero-order valence-electron chi connectivity index (χ0n) is 11.5. The molecule has 1 aliphatic heterocycles. The molecule has 0 aromatic carbocycles. The van der Waals surface area contributed by atoms with Crippen LogP contribution >= 0.6 is 0 Å². The Labute approximate surface area is 109 Å². The summed E-state index contributed by atoms with van der Waals surface area (Å²) in [6, 6.07) is 2.30. The Morgan fingerprint density at radius 3 is 2.83 bits per heavy atom. The number of anilines is 1. The van der Waals surface area contributed by atoms with Gasteiger partial charge in [-0.05, 0) is 57.6 Å². The Hall–Kier alpha value is -1.09. The van der Waals surface area contributed by atoms with Gasteiger partial charge in [-0.1, -0.05) is 0 Å². The number of hydrogen-bond donors (Lipinski definition) is 1. The number of nitrogens with two attached hydrogens (primary N) is 1. The van der Waals surface area contributed by atoms with Gasteiger partial charge in [0, 0.05) is 29.9 Å². The SMILES string of the molecule is CC1(C)CCCN1c1nc2c(cc1CN)CCC2.